The van der Waals surface area contributed by atoms with Gasteiger partial charge in [-0.25, -0.2) is 96.6 Å². The lowest BCUT2D eigenvalue weighted by atomic mass is 9.96. The van der Waals surface area contributed by atoms with Crippen molar-refractivity contribution in [1.82, 2.24) is 0 Å². The molecular weight excluding hydrogens is 1970 g/mol. The molecule has 0 heterocycles. The first kappa shape index (κ1) is 107. The summed E-state index contributed by atoms with van der Waals surface area (Å²) < 4.78 is 301. The zero-order valence-corrected chi connectivity index (χ0v) is 80.0. The summed E-state index contributed by atoms with van der Waals surface area (Å²) in [6.45, 7) is 10.4. The van der Waals surface area contributed by atoms with Gasteiger partial charge < -0.3 is 0 Å². The molecule has 0 aliphatic carbocycles. The second kappa shape index (κ2) is 48.2. The van der Waals surface area contributed by atoms with Crippen molar-refractivity contribution in [3.05, 3.63) is 482 Å². The average Bonchev–Trinajstić information content (AvgIpc) is 0.752. The Labute approximate surface area is 842 Å². The zero-order valence-electron chi connectivity index (χ0n) is 78.5. The smallest absolute Gasteiger partial charge is 0.194 e. The molecule has 24 heteroatoms. The molecule has 0 spiro atoms. The van der Waals surface area contributed by atoms with Crippen LogP contribution in [0.2, 0.25) is 10.0 Å². The highest BCUT2D eigenvalue weighted by Crippen LogP contribution is 2.41. The maximum atomic E-state index is 15.2. The van der Waals surface area contributed by atoms with Crippen LogP contribution in [0.1, 0.15) is 150 Å². The molecule has 0 amide bonds. The summed E-state index contributed by atoms with van der Waals surface area (Å²) in [6, 6.07) is 65.4. The largest absolute Gasteiger partial charge is 0.206 e. The lowest BCUT2D eigenvalue weighted by Gasteiger charge is -2.12. The summed E-state index contributed by atoms with van der Waals surface area (Å²) in [5.74, 6) is -3.25. The Kier molecular flexibility index (Phi) is 35.0. The number of hydrogen-bond acceptors (Lipinski definition) is 0. The third-order valence-corrected chi connectivity index (χ3v) is 24.0. The Balaban J connectivity index is 0.000000146. The normalized spacial score (nSPS) is 10.8. The number of halogens is 24. The molecule has 0 nitrogen and oxygen atoms in total. The van der Waals surface area contributed by atoms with Gasteiger partial charge >= 0.3 is 0 Å². The van der Waals surface area contributed by atoms with Crippen LogP contribution in [0.5, 0.6) is 0 Å². The van der Waals surface area contributed by atoms with E-state index < -0.39 is 156 Å². The van der Waals surface area contributed by atoms with Crippen LogP contribution in [-0.2, 0) is 32.1 Å². The van der Waals surface area contributed by atoms with Gasteiger partial charge in [-0.2, -0.15) is 0 Å². The second-order valence-electron chi connectivity index (χ2n) is 34.0. The minimum Gasteiger partial charge on any atom is -0.206 e. The van der Waals surface area contributed by atoms with Gasteiger partial charge in [0.1, 0.15) is 40.7 Å². The molecule has 0 bridgehead atoms. The SMILES string of the molecule is CCCc1cc(F)c2c(F)c(-c3cc(F)c(C#Cc4cc(F)c(F)c(F)c4)c(F)c3)c(F)cc2c1.CCCc1ccc2c(Cl)c(-c3ccc(C#Cc4cc(F)c(F)c(F)c4)c(F)c3)ccc2c1.CCCc1ccc2c(Cl)c(-c3ccc(C#Cc4cc(F)c(F)c(F)c4)cc3)ccc2c1.CCCc1ccc2cc(C#Cc3cc(F)c(F)c(F)c3)c(F)cc2c1.CCCc1ccc2cc(C#Cc3cc(F)c(F)c(F)c3)ccc2c1. The fourth-order valence-corrected chi connectivity index (χ4v) is 16.7. The van der Waals surface area contributed by atoms with Crippen LogP contribution in [0.25, 0.3) is 87.2 Å². The van der Waals surface area contributed by atoms with Crippen LogP contribution in [0.15, 0.2) is 261 Å². The third kappa shape index (κ3) is 26.1. The van der Waals surface area contributed by atoms with Crippen LogP contribution in [0, 0.1) is 187 Å². The molecule has 18 rings (SSSR count). The standard InChI is InChI=1S/C27H17ClF4.C27H18ClF3.C27H14F8.C21H14F4.C21H15F3/c1-2-3-16-5-10-21-19(12-16)9-11-22(26(21)28)20-8-7-18(23(29)15-20)6-4-17-13-24(30)27(32)25(31)14-17;1-2-3-18-8-12-23-21(14-18)11-13-22(26(23)28)20-9-6-17(7-10-20)4-5-19-15-24(29)27(31)25(30)16-19;1-2-3-13-6-15-12-21(31)25(27(35)24(15)20(30)7-13)16-10-18(28)17(19(29)11-16)5-4-14-8-22(32)26(34)23(33)9-14;1-2-3-13-4-6-15-11-16(18(22)12-17(15)8-13)7-5-14-9-19(23)21(25)20(24)10-14;1-2-3-14-6-8-18-11-15(7-9-17(18)10-14)4-5-16-12-19(22)21(24)20(23)13-16/h5,7-15H,2-3H2,1H3;6-16H,2-3H2,1H3;6-12H,2-3H2,1H3;4,6,8-12H,2-3H2,1H3;6-13H,2-3H2,1H3. The van der Waals surface area contributed by atoms with E-state index in [0.717, 1.165) is 177 Å². The molecule has 0 saturated heterocycles. The van der Waals surface area contributed by atoms with Gasteiger partial charge in [-0.15, -0.1) is 0 Å². The fourth-order valence-electron chi connectivity index (χ4n) is 16.1. The summed E-state index contributed by atoms with van der Waals surface area (Å²) >= 11 is 13.3. The summed E-state index contributed by atoms with van der Waals surface area (Å²) in [6.07, 6.45) is 9.41. The van der Waals surface area contributed by atoms with E-state index in [2.05, 4.69) is 123 Å². The van der Waals surface area contributed by atoms with E-state index >= 15 is 4.39 Å². The Morgan fingerprint density at radius 3 is 0.939 bits per heavy atom. The van der Waals surface area contributed by atoms with Crippen molar-refractivity contribution >= 4 is 77.1 Å². The first-order valence-corrected chi connectivity index (χ1v) is 46.7. The number of aryl methyl sites for hydroxylation is 5. The van der Waals surface area contributed by atoms with Gasteiger partial charge in [0.2, 0.25) is 0 Å². The van der Waals surface area contributed by atoms with Crippen LogP contribution < -0.4 is 0 Å². The number of benzene rings is 18. The Morgan fingerprint density at radius 2 is 0.503 bits per heavy atom. The monoisotopic (exact) mass is 2040 g/mol. The number of rotatable bonds is 13. The van der Waals surface area contributed by atoms with Gasteiger partial charge in [0.15, 0.2) is 87.3 Å². The molecular formula is C123H78Cl2F22. The van der Waals surface area contributed by atoms with Gasteiger partial charge in [-0.1, -0.05) is 277 Å². The van der Waals surface area contributed by atoms with Crippen molar-refractivity contribution in [2.45, 2.75) is 98.8 Å². The van der Waals surface area contributed by atoms with E-state index in [-0.39, 0.29) is 38.8 Å². The van der Waals surface area contributed by atoms with Gasteiger partial charge in [0, 0.05) is 60.8 Å². The Hall–Kier alpha value is -15.9. The molecule has 0 aromatic heterocycles. The van der Waals surface area contributed by atoms with Crippen molar-refractivity contribution in [3.8, 4) is 92.6 Å². The molecule has 0 aliphatic rings. The maximum Gasteiger partial charge on any atom is 0.194 e. The Morgan fingerprint density at radius 1 is 0.190 bits per heavy atom. The predicted molar refractivity (Wildman–Crippen MR) is 537 cm³/mol. The van der Waals surface area contributed by atoms with E-state index in [1.54, 1.807) is 12.1 Å². The van der Waals surface area contributed by atoms with E-state index in [1.165, 1.54) is 41.0 Å². The molecule has 0 radical (unpaired) electrons. The molecule has 0 saturated carbocycles. The summed E-state index contributed by atoms with van der Waals surface area (Å²) in [7, 11) is 0. The highest BCUT2D eigenvalue weighted by Gasteiger charge is 2.24. The molecule has 18 aromatic carbocycles. The topological polar surface area (TPSA) is 0 Å². The van der Waals surface area contributed by atoms with Crippen molar-refractivity contribution < 1.29 is 96.6 Å². The lowest BCUT2D eigenvalue weighted by Crippen LogP contribution is -1.99. The molecule has 0 aliphatic heterocycles. The van der Waals surface area contributed by atoms with Crippen molar-refractivity contribution in [2.24, 2.45) is 0 Å². The predicted octanol–water partition coefficient (Wildman–Crippen LogP) is 35.3. The van der Waals surface area contributed by atoms with Gasteiger partial charge in [-0.3, -0.25) is 0 Å². The first-order chi connectivity index (χ1) is 70.5. The van der Waals surface area contributed by atoms with E-state index in [9.17, 15) is 92.2 Å². The summed E-state index contributed by atoms with van der Waals surface area (Å²) in [4.78, 5) is 0. The summed E-state index contributed by atoms with van der Waals surface area (Å²) in [5.41, 5.74) is 7.56. The number of hydrogen-bond donors (Lipinski definition) is 0. The molecule has 0 N–H and O–H groups in total. The highest BCUT2D eigenvalue weighted by molar-refractivity contribution is 6.39. The fraction of sp³-hybridized carbons (Fsp3) is 0.122. The van der Waals surface area contributed by atoms with Crippen LogP contribution in [0.4, 0.5) is 96.6 Å². The molecule has 0 fully saturated rings. The second-order valence-corrected chi connectivity index (χ2v) is 34.7. The van der Waals surface area contributed by atoms with Crippen molar-refractivity contribution in [3.63, 3.8) is 0 Å². The van der Waals surface area contributed by atoms with Crippen molar-refractivity contribution in [2.75, 3.05) is 0 Å². The molecule has 738 valence electrons. The zero-order chi connectivity index (χ0) is 105. The minimum absolute atomic E-state index is 0.0330. The molecule has 0 unspecified atom stereocenters. The van der Waals surface area contributed by atoms with Gasteiger partial charge in [0.05, 0.1) is 37.7 Å². The quantitative estimate of drug-likeness (QED) is 0.0613. The molecule has 0 atom stereocenters. The van der Waals surface area contributed by atoms with Crippen molar-refractivity contribution in [1.29, 1.82) is 0 Å². The van der Waals surface area contributed by atoms with Crippen LogP contribution in [-0.4, -0.2) is 0 Å². The first-order valence-electron chi connectivity index (χ1n) is 46.0. The Bertz CT molecular complexity index is 8380. The maximum absolute atomic E-state index is 15.2. The third-order valence-electron chi connectivity index (χ3n) is 23.2. The van der Waals surface area contributed by atoms with Crippen LogP contribution in [0.3, 0.4) is 0 Å². The van der Waals surface area contributed by atoms with Gasteiger partial charge in [0.25, 0.3) is 0 Å². The van der Waals surface area contributed by atoms with E-state index in [4.69, 9.17) is 23.2 Å². The molecule has 147 heavy (non-hydrogen) atoms. The van der Waals surface area contributed by atoms with Gasteiger partial charge in [-0.05, 0) is 248 Å². The molecule has 18 aromatic rings. The average molecular weight is 2040 g/mol. The summed E-state index contributed by atoms with van der Waals surface area (Å²) in [5, 5.41) is 8.46. The highest BCUT2D eigenvalue weighted by atomic mass is 35.5. The van der Waals surface area contributed by atoms with E-state index in [0.29, 0.717) is 69.4 Å². The van der Waals surface area contributed by atoms with Crippen LogP contribution >= 0.6 is 23.2 Å². The number of fused-ring (bicyclic) bond motifs is 5. The van der Waals surface area contributed by atoms with E-state index in [1.807, 2.05) is 110 Å². The minimum atomic E-state index is -1.73. The lowest BCUT2D eigenvalue weighted by molar-refractivity contribution is 0.446.